The number of amides is 1. The van der Waals surface area contributed by atoms with E-state index in [1.54, 1.807) is 7.11 Å². The van der Waals surface area contributed by atoms with Gasteiger partial charge < -0.3 is 15.4 Å². The van der Waals surface area contributed by atoms with Crippen molar-refractivity contribution < 1.29 is 9.53 Å². The lowest BCUT2D eigenvalue weighted by atomic mass is 10.1. The Morgan fingerprint density at radius 3 is 2.62 bits per heavy atom. The van der Waals surface area contributed by atoms with E-state index in [4.69, 9.17) is 4.74 Å². The molecule has 24 heavy (non-hydrogen) atoms. The number of nitrogens with one attached hydrogen (secondary N) is 2. The van der Waals surface area contributed by atoms with Crippen molar-refractivity contribution in [2.45, 2.75) is 26.7 Å². The van der Waals surface area contributed by atoms with E-state index in [-0.39, 0.29) is 5.91 Å². The smallest absolute Gasteiger partial charge is 0.221 e. The van der Waals surface area contributed by atoms with Crippen LogP contribution in [0.15, 0.2) is 42.5 Å². The Morgan fingerprint density at radius 1 is 1.08 bits per heavy atom. The highest BCUT2D eigenvalue weighted by atomic mass is 16.5. The highest BCUT2D eigenvalue weighted by molar-refractivity contribution is 5.76. The summed E-state index contributed by atoms with van der Waals surface area (Å²) in [6.45, 7) is 5.39. The summed E-state index contributed by atoms with van der Waals surface area (Å²) in [6, 6.07) is 14.1. The van der Waals surface area contributed by atoms with Crippen LogP contribution in [0.25, 0.3) is 0 Å². The second-order valence-electron chi connectivity index (χ2n) is 5.91. The van der Waals surface area contributed by atoms with Crippen LogP contribution in [0.1, 0.15) is 23.1 Å². The maximum absolute atomic E-state index is 11.9. The topological polar surface area (TPSA) is 50.4 Å². The SMILES string of the molecule is COc1ccccc1CCNC(=O)CCNc1ccc(C)cc1C. The Kier molecular flexibility index (Phi) is 6.67. The molecule has 0 atom stereocenters. The zero-order chi connectivity index (χ0) is 17.4. The van der Waals surface area contributed by atoms with Crippen LogP contribution in [0.4, 0.5) is 5.69 Å². The van der Waals surface area contributed by atoms with Crippen LogP contribution < -0.4 is 15.4 Å². The van der Waals surface area contributed by atoms with Gasteiger partial charge in [-0.25, -0.2) is 0 Å². The van der Waals surface area contributed by atoms with Gasteiger partial charge >= 0.3 is 0 Å². The van der Waals surface area contributed by atoms with Crippen LogP contribution in [0.5, 0.6) is 5.75 Å². The molecule has 0 heterocycles. The summed E-state index contributed by atoms with van der Waals surface area (Å²) < 4.78 is 5.31. The fourth-order valence-corrected chi connectivity index (χ4v) is 2.66. The normalized spacial score (nSPS) is 10.3. The molecule has 0 aromatic heterocycles. The van der Waals surface area contributed by atoms with Crippen LogP contribution in [0.2, 0.25) is 0 Å². The van der Waals surface area contributed by atoms with E-state index in [1.807, 2.05) is 24.3 Å². The third kappa shape index (κ3) is 5.30. The van der Waals surface area contributed by atoms with E-state index in [9.17, 15) is 4.79 Å². The number of ether oxygens (including phenoxy) is 1. The third-order valence-electron chi connectivity index (χ3n) is 3.96. The number of benzene rings is 2. The molecule has 2 aromatic rings. The molecule has 0 radical (unpaired) electrons. The molecule has 2 N–H and O–H groups in total. The van der Waals surface area contributed by atoms with E-state index < -0.39 is 0 Å². The lowest BCUT2D eigenvalue weighted by Crippen LogP contribution is -2.27. The van der Waals surface area contributed by atoms with Crippen LogP contribution in [0, 0.1) is 13.8 Å². The van der Waals surface area contributed by atoms with E-state index >= 15 is 0 Å². The predicted molar refractivity (Wildman–Crippen MR) is 98.7 cm³/mol. The molecule has 0 saturated carbocycles. The molecule has 2 aromatic carbocycles. The zero-order valence-corrected chi connectivity index (χ0v) is 14.7. The van der Waals surface area contributed by atoms with Gasteiger partial charge in [0.1, 0.15) is 5.75 Å². The molecule has 0 aliphatic heterocycles. The van der Waals surface area contributed by atoms with Crippen LogP contribution in [0.3, 0.4) is 0 Å². The second kappa shape index (κ2) is 8.96. The van der Waals surface area contributed by atoms with Crippen LogP contribution in [-0.2, 0) is 11.2 Å². The van der Waals surface area contributed by atoms with Crippen molar-refractivity contribution in [3.63, 3.8) is 0 Å². The first kappa shape index (κ1) is 17.9. The fraction of sp³-hybridized carbons (Fsp3) is 0.350. The van der Waals surface area contributed by atoms with Crippen molar-refractivity contribution in [1.82, 2.24) is 5.32 Å². The quantitative estimate of drug-likeness (QED) is 0.781. The minimum atomic E-state index is 0.0576. The van der Waals surface area contributed by atoms with Crippen molar-refractivity contribution in [1.29, 1.82) is 0 Å². The van der Waals surface area contributed by atoms with Gasteiger partial charge in [-0.2, -0.15) is 0 Å². The maximum Gasteiger partial charge on any atom is 0.221 e. The molecule has 0 spiro atoms. The molecule has 0 fully saturated rings. The summed E-state index contributed by atoms with van der Waals surface area (Å²) in [7, 11) is 1.66. The Hall–Kier alpha value is -2.49. The van der Waals surface area contributed by atoms with Gasteiger partial charge in [-0.15, -0.1) is 0 Å². The number of methoxy groups -OCH3 is 1. The fourth-order valence-electron chi connectivity index (χ4n) is 2.66. The summed E-state index contributed by atoms with van der Waals surface area (Å²) in [5, 5.41) is 6.27. The third-order valence-corrected chi connectivity index (χ3v) is 3.96. The molecule has 0 bridgehead atoms. The van der Waals surface area contributed by atoms with Gasteiger partial charge in [-0.1, -0.05) is 35.9 Å². The highest BCUT2D eigenvalue weighted by Crippen LogP contribution is 2.17. The van der Waals surface area contributed by atoms with Gasteiger partial charge in [0.2, 0.25) is 5.91 Å². The zero-order valence-electron chi connectivity index (χ0n) is 14.7. The number of hydrogen-bond acceptors (Lipinski definition) is 3. The van der Waals surface area contributed by atoms with E-state index in [2.05, 4.69) is 42.7 Å². The number of hydrogen-bond donors (Lipinski definition) is 2. The number of para-hydroxylation sites is 1. The lowest BCUT2D eigenvalue weighted by Gasteiger charge is -2.11. The monoisotopic (exact) mass is 326 g/mol. The average Bonchev–Trinajstić information content (AvgIpc) is 2.57. The summed E-state index contributed by atoms with van der Waals surface area (Å²) in [4.78, 5) is 11.9. The van der Waals surface area contributed by atoms with Gasteiger partial charge in [0.25, 0.3) is 0 Å². The maximum atomic E-state index is 11.9. The van der Waals surface area contributed by atoms with Gasteiger partial charge in [0.05, 0.1) is 7.11 Å². The Balaban J connectivity index is 1.70. The summed E-state index contributed by atoms with van der Waals surface area (Å²) >= 11 is 0. The van der Waals surface area contributed by atoms with Gasteiger partial charge in [0, 0.05) is 25.2 Å². The standard InChI is InChI=1S/C20H26N2O2/c1-15-8-9-18(16(2)14-15)21-13-11-20(23)22-12-10-17-6-4-5-7-19(17)24-3/h4-9,14,21H,10-13H2,1-3H3,(H,22,23). The van der Waals surface area contributed by atoms with Crippen LogP contribution >= 0.6 is 0 Å². The molecule has 4 heteroatoms. The van der Waals surface area contributed by atoms with Gasteiger partial charge in [0.15, 0.2) is 0 Å². The van der Waals surface area contributed by atoms with Crippen molar-refractivity contribution in [2.24, 2.45) is 0 Å². The number of carbonyl (C=O) groups excluding carboxylic acids is 1. The van der Waals surface area contributed by atoms with Crippen molar-refractivity contribution in [2.75, 3.05) is 25.5 Å². The first-order valence-electron chi connectivity index (χ1n) is 8.30. The molecule has 128 valence electrons. The van der Waals surface area contributed by atoms with Crippen LogP contribution in [-0.4, -0.2) is 26.1 Å². The molecule has 4 nitrogen and oxygen atoms in total. The van der Waals surface area contributed by atoms with Crippen molar-refractivity contribution in [3.8, 4) is 5.75 Å². The lowest BCUT2D eigenvalue weighted by molar-refractivity contribution is -0.120. The Labute approximate surface area is 144 Å². The molecular weight excluding hydrogens is 300 g/mol. The van der Waals surface area contributed by atoms with Gasteiger partial charge in [-0.3, -0.25) is 4.79 Å². The number of rotatable bonds is 8. The molecule has 0 saturated heterocycles. The summed E-state index contributed by atoms with van der Waals surface area (Å²) in [6.07, 6.45) is 1.22. The van der Waals surface area contributed by atoms with Crippen molar-refractivity contribution in [3.05, 3.63) is 59.2 Å². The predicted octanol–water partition coefficient (Wildman–Crippen LogP) is 3.47. The molecular formula is C20H26N2O2. The molecule has 0 aliphatic carbocycles. The minimum absolute atomic E-state index is 0.0576. The molecule has 1 amide bonds. The van der Waals surface area contributed by atoms with E-state index in [0.717, 1.165) is 23.4 Å². The summed E-state index contributed by atoms with van der Waals surface area (Å²) in [5.74, 6) is 0.922. The van der Waals surface area contributed by atoms with E-state index in [0.29, 0.717) is 19.5 Å². The van der Waals surface area contributed by atoms with Crippen molar-refractivity contribution >= 4 is 11.6 Å². The Bertz CT molecular complexity index is 683. The molecule has 0 unspecified atom stereocenters. The number of carbonyl (C=O) groups is 1. The number of aryl methyl sites for hydroxylation is 2. The average molecular weight is 326 g/mol. The minimum Gasteiger partial charge on any atom is -0.496 e. The van der Waals surface area contributed by atoms with Gasteiger partial charge in [-0.05, 0) is 43.5 Å². The first-order chi connectivity index (χ1) is 11.6. The molecule has 0 aliphatic rings. The number of anilines is 1. The summed E-state index contributed by atoms with van der Waals surface area (Å²) in [5.41, 5.74) is 4.63. The first-order valence-corrected chi connectivity index (χ1v) is 8.30. The Morgan fingerprint density at radius 2 is 1.88 bits per heavy atom. The molecule has 2 rings (SSSR count). The largest absolute Gasteiger partial charge is 0.496 e. The highest BCUT2D eigenvalue weighted by Gasteiger charge is 2.04. The second-order valence-corrected chi connectivity index (χ2v) is 5.91. The van der Waals surface area contributed by atoms with E-state index in [1.165, 1.54) is 11.1 Å².